The molecule has 0 spiro atoms. The predicted molar refractivity (Wildman–Crippen MR) is 105 cm³/mol. The minimum atomic E-state index is -0.397. The smallest absolute Gasteiger partial charge is 0.353 e. The number of nitrogens with one attached hydrogen (secondary N) is 1. The second-order valence-corrected chi connectivity index (χ2v) is 7.50. The van der Waals surface area contributed by atoms with Gasteiger partial charge in [0.15, 0.2) is 0 Å². The second-order valence-electron chi connectivity index (χ2n) is 7.50. The second kappa shape index (κ2) is 9.66. The number of anilines is 2. The molecule has 0 bridgehead atoms. The number of ether oxygens (including phenoxy) is 1. The number of aromatic nitrogens is 2. The third-order valence-corrected chi connectivity index (χ3v) is 5.60. The molecular weight excluding hydrogens is 362 g/mol. The fourth-order valence-electron chi connectivity index (χ4n) is 4.08. The number of carbonyl (C=O) groups is 1. The highest BCUT2D eigenvalue weighted by Gasteiger charge is 2.32. The van der Waals surface area contributed by atoms with E-state index in [2.05, 4.69) is 15.3 Å². The van der Waals surface area contributed by atoms with Crippen molar-refractivity contribution in [1.29, 1.82) is 0 Å². The van der Waals surface area contributed by atoms with E-state index >= 15 is 0 Å². The summed E-state index contributed by atoms with van der Waals surface area (Å²) in [6.07, 6.45) is 9.28. The van der Waals surface area contributed by atoms with E-state index in [9.17, 15) is 14.9 Å². The Labute approximate surface area is 165 Å². The van der Waals surface area contributed by atoms with Crippen LogP contribution in [0.25, 0.3) is 0 Å². The molecule has 2 aliphatic rings. The van der Waals surface area contributed by atoms with Crippen LogP contribution in [0.5, 0.6) is 0 Å². The van der Waals surface area contributed by atoms with Gasteiger partial charge in [0.25, 0.3) is 0 Å². The Morgan fingerprint density at radius 1 is 1.21 bits per heavy atom. The highest BCUT2D eigenvalue weighted by Crippen LogP contribution is 2.35. The molecule has 0 radical (unpaired) electrons. The Morgan fingerprint density at radius 2 is 1.89 bits per heavy atom. The monoisotopic (exact) mass is 391 g/mol. The maximum Gasteiger partial charge on any atom is 0.353 e. The van der Waals surface area contributed by atoms with Crippen LogP contribution in [0.3, 0.4) is 0 Å². The first-order valence-electron chi connectivity index (χ1n) is 10.3. The molecule has 0 aromatic carbocycles. The van der Waals surface area contributed by atoms with Gasteiger partial charge in [-0.3, -0.25) is 14.9 Å². The molecule has 1 saturated heterocycles. The first kappa shape index (κ1) is 20.3. The molecule has 1 saturated carbocycles. The number of hydrogen-bond donors (Lipinski definition) is 1. The average Bonchev–Trinajstić information content (AvgIpc) is 2.96. The number of hydrogen-bond acceptors (Lipinski definition) is 8. The van der Waals surface area contributed by atoms with Gasteiger partial charge in [-0.15, -0.1) is 0 Å². The fraction of sp³-hybridized carbons (Fsp3) is 0.737. The number of nitro groups is 1. The Hall–Kier alpha value is -2.45. The highest BCUT2D eigenvalue weighted by molar-refractivity contribution is 5.74. The van der Waals surface area contributed by atoms with Crippen molar-refractivity contribution in [2.24, 2.45) is 5.92 Å². The lowest BCUT2D eigenvalue weighted by atomic mass is 9.97. The van der Waals surface area contributed by atoms with Gasteiger partial charge >= 0.3 is 11.7 Å². The lowest BCUT2D eigenvalue weighted by Gasteiger charge is -2.31. The summed E-state index contributed by atoms with van der Waals surface area (Å²) < 4.78 is 5.10. The number of carbonyl (C=O) groups excluding carboxylic acids is 1. The molecule has 1 aromatic heterocycles. The zero-order valence-corrected chi connectivity index (χ0v) is 16.4. The Bertz CT molecular complexity index is 683. The van der Waals surface area contributed by atoms with E-state index in [1.54, 1.807) is 6.92 Å². The van der Waals surface area contributed by atoms with Crippen LogP contribution in [0.4, 0.5) is 17.3 Å². The third-order valence-electron chi connectivity index (χ3n) is 5.60. The van der Waals surface area contributed by atoms with Crippen LogP contribution in [0.15, 0.2) is 6.33 Å². The fourth-order valence-corrected chi connectivity index (χ4v) is 4.08. The van der Waals surface area contributed by atoms with Gasteiger partial charge in [0, 0.05) is 19.1 Å². The van der Waals surface area contributed by atoms with Crippen LogP contribution in [-0.2, 0) is 9.53 Å². The number of piperidine rings is 1. The van der Waals surface area contributed by atoms with Crippen LogP contribution in [0, 0.1) is 16.0 Å². The van der Waals surface area contributed by atoms with Crippen LogP contribution in [0.2, 0.25) is 0 Å². The summed E-state index contributed by atoms with van der Waals surface area (Å²) in [4.78, 5) is 33.7. The van der Waals surface area contributed by atoms with E-state index in [0.717, 1.165) is 25.7 Å². The lowest BCUT2D eigenvalue weighted by molar-refractivity contribution is -0.383. The maximum atomic E-state index is 11.9. The largest absolute Gasteiger partial charge is 0.466 e. The zero-order valence-electron chi connectivity index (χ0n) is 16.4. The maximum absolute atomic E-state index is 11.9. The van der Waals surface area contributed by atoms with Gasteiger partial charge in [-0.05, 0) is 32.6 Å². The predicted octanol–water partition coefficient (Wildman–Crippen LogP) is 3.30. The molecule has 154 valence electrons. The van der Waals surface area contributed by atoms with E-state index in [-0.39, 0.29) is 23.6 Å². The van der Waals surface area contributed by atoms with Gasteiger partial charge in [0.05, 0.1) is 17.4 Å². The Morgan fingerprint density at radius 3 is 2.50 bits per heavy atom. The van der Waals surface area contributed by atoms with Crippen molar-refractivity contribution >= 4 is 23.3 Å². The molecule has 1 aliphatic heterocycles. The van der Waals surface area contributed by atoms with Gasteiger partial charge in [0.1, 0.15) is 6.33 Å². The lowest BCUT2D eigenvalue weighted by Crippen LogP contribution is -2.38. The highest BCUT2D eigenvalue weighted by atomic mass is 16.6. The number of nitrogens with zero attached hydrogens (tertiary/aromatic N) is 4. The first-order chi connectivity index (χ1) is 13.6. The Kier molecular flexibility index (Phi) is 7.00. The topological polar surface area (TPSA) is 110 Å². The quantitative estimate of drug-likeness (QED) is 0.340. The number of rotatable bonds is 6. The van der Waals surface area contributed by atoms with Crippen LogP contribution in [-0.4, -0.2) is 46.6 Å². The van der Waals surface area contributed by atoms with Crippen molar-refractivity contribution in [2.75, 3.05) is 29.9 Å². The molecule has 9 heteroatoms. The van der Waals surface area contributed by atoms with Gasteiger partial charge in [-0.25, -0.2) is 9.97 Å². The SMILES string of the molecule is CCOC(=O)C1CCN(c2ncnc(NC3CCCCCC3)c2[N+](=O)[O-])CC1. The van der Waals surface area contributed by atoms with Gasteiger partial charge < -0.3 is 15.0 Å². The van der Waals surface area contributed by atoms with Crippen molar-refractivity contribution < 1.29 is 14.5 Å². The summed E-state index contributed by atoms with van der Waals surface area (Å²) in [5.41, 5.74) is -0.0682. The first-order valence-corrected chi connectivity index (χ1v) is 10.3. The number of esters is 1. The molecule has 9 nitrogen and oxygen atoms in total. The van der Waals surface area contributed by atoms with Gasteiger partial charge in [0.2, 0.25) is 11.6 Å². The Balaban J connectivity index is 1.74. The molecule has 1 aromatic rings. The molecular formula is C19H29N5O4. The zero-order chi connectivity index (χ0) is 19.9. The molecule has 2 fully saturated rings. The van der Waals surface area contributed by atoms with Gasteiger partial charge in [-0.2, -0.15) is 0 Å². The summed E-state index contributed by atoms with van der Waals surface area (Å²) in [7, 11) is 0. The van der Waals surface area contributed by atoms with Crippen molar-refractivity contribution in [2.45, 2.75) is 64.3 Å². The van der Waals surface area contributed by atoms with Crippen molar-refractivity contribution in [1.82, 2.24) is 9.97 Å². The molecule has 3 rings (SSSR count). The summed E-state index contributed by atoms with van der Waals surface area (Å²) >= 11 is 0. The molecule has 0 atom stereocenters. The minimum absolute atomic E-state index is 0.0682. The molecule has 1 N–H and O–H groups in total. The summed E-state index contributed by atoms with van der Waals surface area (Å²) in [6.45, 7) is 3.22. The molecule has 0 amide bonds. The normalized spacial score (nSPS) is 19.1. The summed E-state index contributed by atoms with van der Waals surface area (Å²) in [5, 5.41) is 15.1. The molecule has 28 heavy (non-hydrogen) atoms. The van der Waals surface area contributed by atoms with E-state index in [0.29, 0.717) is 44.2 Å². The standard InChI is InChI=1S/C19H29N5O4/c1-2-28-19(25)14-9-11-23(12-10-14)18-16(24(26)27)17(20-13-21-18)22-15-7-5-3-4-6-8-15/h13-15H,2-12H2,1H3,(H,20,21,22). The molecule has 2 heterocycles. The van der Waals surface area contributed by atoms with E-state index in [1.165, 1.54) is 19.2 Å². The summed E-state index contributed by atoms with van der Waals surface area (Å²) in [5.74, 6) is 0.295. The van der Waals surface area contributed by atoms with E-state index in [1.807, 2.05) is 4.90 Å². The van der Waals surface area contributed by atoms with E-state index < -0.39 is 4.92 Å². The summed E-state index contributed by atoms with van der Waals surface area (Å²) in [6, 6.07) is 0.207. The molecule has 0 unspecified atom stereocenters. The van der Waals surface area contributed by atoms with Gasteiger partial charge in [-0.1, -0.05) is 25.7 Å². The average molecular weight is 391 g/mol. The van der Waals surface area contributed by atoms with Crippen molar-refractivity contribution in [3.63, 3.8) is 0 Å². The minimum Gasteiger partial charge on any atom is -0.466 e. The third kappa shape index (κ3) is 4.88. The van der Waals surface area contributed by atoms with Crippen LogP contribution >= 0.6 is 0 Å². The van der Waals surface area contributed by atoms with Crippen molar-refractivity contribution in [3.8, 4) is 0 Å². The van der Waals surface area contributed by atoms with Crippen LogP contribution < -0.4 is 10.2 Å². The molecule has 1 aliphatic carbocycles. The van der Waals surface area contributed by atoms with Crippen molar-refractivity contribution in [3.05, 3.63) is 16.4 Å². The van der Waals surface area contributed by atoms with Crippen LogP contribution in [0.1, 0.15) is 58.3 Å². The van der Waals surface area contributed by atoms with E-state index in [4.69, 9.17) is 4.74 Å².